The van der Waals surface area contributed by atoms with E-state index in [1.165, 1.54) is 17.1 Å². The smallest absolute Gasteiger partial charge is 0.345 e. The zero-order valence-electron chi connectivity index (χ0n) is 8.90. The van der Waals surface area contributed by atoms with Crippen LogP contribution < -0.4 is 0 Å². The summed E-state index contributed by atoms with van der Waals surface area (Å²) in [6.45, 7) is 0. The third kappa shape index (κ3) is 1.79. The van der Waals surface area contributed by atoms with Crippen LogP contribution in [0.3, 0.4) is 0 Å². The highest BCUT2D eigenvalue weighted by atomic mass is 32.2. The first-order chi connectivity index (χ1) is 8.24. The average molecular weight is 248 g/mol. The quantitative estimate of drug-likeness (QED) is 0.635. The fourth-order valence-electron chi connectivity index (χ4n) is 1.47. The van der Waals surface area contributed by atoms with Crippen molar-refractivity contribution in [3.05, 3.63) is 30.8 Å². The Hall–Kier alpha value is -1.86. The van der Waals surface area contributed by atoms with Gasteiger partial charge in [-0.25, -0.2) is 4.52 Å². The van der Waals surface area contributed by atoms with E-state index in [2.05, 4.69) is 15.1 Å². The molecule has 3 rings (SSSR count). The maximum absolute atomic E-state index is 11.3. The Balaban J connectivity index is 2.13. The monoisotopic (exact) mass is 248 g/mol. The van der Waals surface area contributed by atoms with Gasteiger partial charge >= 0.3 is 5.16 Å². The lowest BCUT2D eigenvalue weighted by Gasteiger charge is -2.00. The van der Waals surface area contributed by atoms with Crippen molar-refractivity contribution in [3.8, 4) is 11.5 Å². The second kappa shape index (κ2) is 3.86. The molecule has 0 aromatic carbocycles. The second-order valence-electron chi connectivity index (χ2n) is 3.40. The van der Waals surface area contributed by atoms with Gasteiger partial charge < -0.3 is 8.97 Å². The van der Waals surface area contributed by atoms with Crippen LogP contribution in [-0.4, -0.2) is 30.4 Å². The van der Waals surface area contributed by atoms with E-state index in [4.69, 9.17) is 4.42 Å². The molecule has 86 valence electrons. The molecule has 0 radical (unpaired) electrons. The van der Waals surface area contributed by atoms with Crippen molar-refractivity contribution in [2.45, 2.75) is 5.16 Å². The Kier molecular flexibility index (Phi) is 2.34. The van der Waals surface area contributed by atoms with Crippen LogP contribution in [0.25, 0.3) is 17.1 Å². The molecule has 3 aromatic heterocycles. The zero-order chi connectivity index (χ0) is 11.8. The molecule has 0 N–H and O–H groups in total. The molecule has 0 bridgehead atoms. The molecule has 0 aliphatic carbocycles. The summed E-state index contributed by atoms with van der Waals surface area (Å²) in [6.07, 6.45) is 4.61. The van der Waals surface area contributed by atoms with Crippen molar-refractivity contribution in [1.82, 2.24) is 19.6 Å². The molecule has 3 heterocycles. The van der Waals surface area contributed by atoms with E-state index in [1.54, 1.807) is 18.4 Å². The van der Waals surface area contributed by atoms with Crippen LogP contribution in [0, 0.1) is 0 Å². The highest BCUT2D eigenvalue weighted by molar-refractivity contribution is 7.90. The van der Waals surface area contributed by atoms with Gasteiger partial charge in [-0.3, -0.25) is 0 Å². The van der Waals surface area contributed by atoms with Gasteiger partial charge in [0.25, 0.3) is 0 Å². The van der Waals surface area contributed by atoms with E-state index in [9.17, 15) is 4.55 Å². The number of fused-ring (bicyclic) bond motifs is 1. The maximum atomic E-state index is 11.3. The molecule has 0 aliphatic rings. The van der Waals surface area contributed by atoms with Gasteiger partial charge in [-0.1, -0.05) is 0 Å². The number of rotatable bonds is 2. The Morgan fingerprint density at radius 2 is 2.35 bits per heavy atom. The lowest BCUT2D eigenvalue weighted by Crippen LogP contribution is -2.05. The molecule has 0 fully saturated rings. The van der Waals surface area contributed by atoms with Crippen LogP contribution in [0.5, 0.6) is 0 Å². The third-order valence-electron chi connectivity index (χ3n) is 2.23. The predicted molar refractivity (Wildman–Crippen MR) is 60.8 cm³/mol. The fourth-order valence-corrected chi connectivity index (χ4v) is 1.88. The molecule has 1 unspecified atom stereocenters. The van der Waals surface area contributed by atoms with Gasteiger partial charge in [0.2, 0.25) is 0 Å². The summed E-state index contributed by atoms with van der Waals surface area (Å²) < 4.78 is 18.0. The first-order valence-corrected chi connectivity index (χ1v) is 6.39. The van der Waals surface area contributed by atoms with Crippen LogP contribution >= 0.6 is 0 Å². The maximum Gasteiger partial charge on any atom is 0.345 e. The minimum absolute atomic E-state index is 0.295. The molecule has 1 atom stereocenters. The number of furan rings is 1. The van der Waals surface area contributed by atoms with Crippen molar-refractivity contribution >= 4 is 16.8 Å². The summed E-state index contributed by atoms with van der Waals surface area (Å²) in [4.78, 5) is 8.11. The Morgan fingerprint density at radius 3 is 3.06 bits per heavy atom. The van der Waals surface area contributed by atoms with Gasteiger partial charge in [0.15, 0.2) is 11.4 Å². The van der Waals surface area contributed by atoms with Gasteiger partial charge in [0, 0.05) is 17.2 Å². The van der Waals surface area contributed by atoms with Crippen LogP contribution in [0.15, 0.2) is 40.4 Å². The first kappa shape index (κ1) is 10.3. The molecule has 7 heteroatoms. The lowest BCUT2D eigenvalue weighted by molar-refractivity contribution is 0.579. The van der Waals surface area contributed by atoms with E-state index in [0.717, 1.165) is 0 Å². The average Bonchev–Trinajstić information content (AvgIpc) is 2.96. The van der Waals surface area contributed by atoms with E-state index in [1.807, 2.05) is 6.07 Å². The predicted octanol–water partition coefficient (Wildman–Crippen LogP) is 1.12. The lowest BCUT2D eigenvalue weighted by atomic mass is 10.3. The van der Waals surface area contributed by atoms with Crippen LogP contribution in [0.2, 0.25) is 0 Å². The molecule has 17 heavy (non-hydrogen) atoms. The molecule has 0 amide bonds. The molecule has 0 saturated heterocycles. The normalized spacial score (nSPS) is 13.1. The number of aromatic nitrogens is 4. The van der Waals surface area contributed by atoms with Crippen molar-refractivity contribution in [3.63, 3.8) is 0 Å². The topological polar surface area (TPSA) is 79.3 Å². The Labute approximate surface area is 99.5 Å². The summed E-state index contributed by atoms with van der Waals surface area (Å²) in [5, 5.41) is 4.55. The van der Waals surface area contributed by atoms with Gasteiger partial charge in [0.1, 0.15) is 18.3 Å². The second-order valence-corrected chi connectivity index (χ2v) is 4.68. The van der Waals surface area contributed by atoms with Gasteiger partial charge in [0.05, 0.1) is 6.26 Å². The molecular weight excluding hydrogens is 240 g/mol. The zero-order valence-corrected chi connectivity index (χ0v) is 9.72. The van der Waals surface area contributed by atoms with Crippen LogP contribution in [0.4, 0.5) is 0 Å². The van der Waals surface area contributed by atoms with Crippen molar-refractivity contribution in [2.75, 3.05) is 6.26 Å². The molecule has 0 saturated carbocycles. The SMILES string of the molecule is C[S+]([O-])c1ncn2nc(-c3ccco3)cc2n1. The molecule has 0 aliphatic heterocycles. The van der Waals surface area contributed by atoms with Crippen molar-refractivity contribution < 1.29 is 8.97 Å². The Morgan fingerprint density at radius 1 is 1.47 bits per heavy atom. The largest absolute Gasteiger partial charge is 0.609 e. The van der Waals surface area contributed by atoms with E-state index in [0.29, 0.717) is 22.3 Å². The highest BCUT2D eigenvalue weighted by Gasteiger charge is 2.12. The number of hydrogen-bond acceptors (Lipinski definition) is 5. The highest BCUT2D eigenvalue weighted by Crippen LogP contribution is 2.19. The minimum atomic E-state index is -1.20. The summed E-state index contributed by atoms with van der Waals surface area (Å²) in [5.74, 6) is 0.662. The van der Waals surface area contributed by atoms with Crippen LogP contribution in [-0.2, 0) is 11.2 Å². The number of hydrogen-bond donors (Lipinski definition) is 0. The third-order valence-corrected chi connectivity index (χ3v) is 2.95. The first-order valence-electron chi connectivity index (χ1n) is 4.84. The van der Waals surface area contributed by atoms with Gasteiger partial charge in [-0.2, -0.15) is 15.1 Å². The molecule has 6 nitrogen and oxygen atoms in total. The number of nitrogens with zero attached hydrogens (tertiary/aromatic N) is 4. The fraction of sp³-hybridized carbons (Fsp3) is 0.100. The van der Waals surface area contributed by atoms with Crippen molar-refractivity contribution in [1.29, 1.82) is 0 Å². The van der Waals surface area contributed by atoms with Gasteiger partial charge in [-0.15, -0.1) is 0 Å². The summed E-state index contributed by atoms with van der Waals surface area (Å²) in [6, 6.07) is 5.36. The van der Waals surface area contributed by atoms with Gasteiger partial charge in [-0.05, 0) is 12.1 Å². The van der Waals surface area contributed by atoms with E-state index < -0.39 is 11.2 Å². The van der Waals surface area contributed by atoms with E-state index >= 15 is 0 Å². The standard InChI is InChI=1S/C10H8N4O2S/c1-17(15)10-11-6-14-9(12-10)5-7(13-14)8-3-2-4-16-8/h2-6H,1H3. The van der Waals surface area contributed by atoms with E-state index in [-0.39, 0.29) is 0 Å². The minimum Gasteiger partial charge on any atom is -0.609 e. The van der Waals surface area contributed by atoms with Crippen molar-refractivity contribution in [2.24, 2.45) is 0 Å². The summed E-state index contributed by atoms with van der Waals surface area (Å²) in [5.41, 5.74) is 1.26. The molecule has 0 spiro atoms. The summed E-state index contributed by atoms with van der Waals surface area (Å²) >= 11 is -1.20. The Bertz CT molecular complexity index is 647. The molecular formula is C10H8N4O2S. The molecule has 3 aromatic rings. The summed E-state index contributed by atoms with van der Waals surface area (Å²) in [7, 11) is 0. The van der Waals surface area contributed by atoms with Crippen LogP contribution in [0.1, 0.15) is 0 Å².